The maximum absolute atomic E-state index is 12.3. The summed E-state index contributed by atoms with van der Waals surface area (Å²) in [5.74, 6) is 0.949. The molecule has 0 saturated heterocycles. The second kappa shape index (κ2) is 10.5. The third kappa shape index (κ3) is 5.24. The van der Waals surface area contributed by atoms with Crippen LogP contribution in [0.5, 0.6) is 0 Å². The molecular formula is C28H33NO5. The second-order valence-electron chi connectivity index (χ2n) is 9.23. The number of hydrogen-bond donors (Lipinski definition) is 1. The highest BCUT2D eigenvalue weighted by molar-refractivity contribution is 5.92. The summed E-state index contributed by atoms with van der Waals surface area (Å²) in [6, 6.07) is 13.6. The molecule has 6 nitrogen and oxygen atoms in total. The number of methoxy groups -OCH3 is 1. The van der Waals surface area contributed by atoms with Gasteiger partial charge in [0.1, 0.15) is 11.5 Å². The van der Waals surface area contributed by atoms with E-state index in [0.717, 1.165) is 53.8 Å². The molecule has 0 bridgehead atoms. The average molecular weight is 464 g/mol. The number of esters is 1. The standard InChI is InChI=1S/C28H33NO5/c1-17-8-5-11-21(14-17)27-29-24(19(3)34-27)16-33-22-12-7-10-20(15-22)26(30)23-13-6-9-18(2)25(23)28(31)32-4/h5-6,8-9,11,13-14,20,22,26,30H,7,10,12,15-16H2,1-4H3. The van der Waals surface area contributed by atoms with Gasteiger partial charge < -0.3 is 19.0 Å². The fourth-order valence-electron chi connectivity index (χ4n) is 4.85. The van der Waals surface area contributed by atoms with E-state index in [2.05, 4.69) is 11.1 Å². The van der Waals surface area contributed by atoms with Crippen LogP contribution in [0.3, 0.4) is 0 Å². The van der Waals surface area contributed by atoms with Crippen molar-refractivity contribution in [1.82, 2.24) is 4.98 Å². The zero-order chi connectivity index (χ0) is 24.2. The number of oxazole rings is 1. The first kappa shape index (κ1) is 24.2. The Morgan fingerprint density at radius 3 is 2.74 bits per heavy atom. The quantitative estimate of drug-likeness (QED) is 0.442. The minimum atomic E-state index is -0.748. The Morgan fingerprint density at radius 1 is 1.18 bits per heavy atom. The molecule has 1 aromatic heterocycles. The van der Waals surface area contributed by atoms with Crippen LogP contribution in [0.25, 0.3) is 11.5 Å². The van der Waals surface area contributed by atoms with Gasteiger partial charge in [-0.05, 0) is 69.2 Å². The molecule has 1 aliphatic carbocycles. The van der Waals surface area contributed by atoms with Crippen LogP contribution in [0.4, 0.5) is 0 Å². The van der Waals surface area contributed by atoms with Gasteiger partial charge >= 0.3 is 5.97 Å². The number of aliphatic hydroxyl groups is 1. The van der Waals surface area contributed by atoms with E-state index in [9.17, 15) is 9.90 Å². The summed E-state index contributed by atoms with van der Waals surface area (Å²) in [5.41, 5.74) is 4.80. The van der Waals surface area contributed by atoms with Crippen LogP contribution in [-0.4, -0.2) is 29.3 Å². The van der Waals surface area contributed by atoms with E-state index in [1.807, 2.05) is 57.2 Å². The van der Waals surface area contributed by atoms with Gasteiger partial charge in [0.15, 0.2) is 0 Å². The van der Waals surface area contributed by atoms with Crippen molar-refractivity contribution in [3.63, 3.8) is 0 Å². The SMILES string of the molecule is COC(=O)c1c(C)cccc1C(O)C1CCCC(OCc2nc(-c3cccc(C)c3)oc2C)C1. The largest absolute Gasteiger partial charge is 0.465 e. The molecule has 3 unspecified atom stereocenters. The highest BCUT2D eigenvalue weighted by Gasteiger charge is 2.32. The monoisotopic (exact) mass is 463 g/mol. The normalized spacial score (nSPS) is 19.1. The molecule has 1 fully saturated rings. The van der Waals surface area contributed by atoms with E-state index in [0.29, 0.717) is 23.6 Å². The molecule has 0 amide bonds. The lowest BCUT2D eigenvalue weighted by Crippen LogP contribution is -2.28. The summed E-state index contributed by atoms with van der Waals surface area (Å²) in [5, 5.41) is 11.2. The molecule has 34 heavy (non-hydrogen) atoms. The van der Waals surface area contributed by atoms with Crippen LogP contribution in [0.1, 0.15) is 70.3 Å². The molecule has 1 aliphatic rings. The summed E-state index contributed by atoms with van der Waals surface area (Å²) >= 11 is 0. The fourth-order valence-corrected chi connectivity index (χ4v) is 4.85. The summed E-state index contributed by atoms with van der Waals surface area (Å²) in [4.78, 5) is 17.0. The third-order valence-corrected chi connectivity index (χ3v) is 6.74. The Hall–Kier alpha value is -2.96. The van der Waals surface area contributed by atoms with E-state index in [4.69, 9.17) is 13.9 Å². The Morgan fingerprint density at radius 2 is 1.97 bits per heavy atom. The molecular weight excluding hydrogens is 430 g/mol. The number of carbonyl (C=O) groups excluding carboxylic acids is 1. The lowest BCUT2D eigenvalue weighted by atomic mass is 9.80. The van der Waals surface area contributed by atoms with Crippen molar-refractivity contribution in [1.29, 1.82) is 0 Å². The molecule has 3 aromatic rings. The molecule has 1 heterocycles. The van der Waals surface area contributed by atoms with Crippen molar-refractivity contribution < 1.29 is 23.8 Å². The van der Waals surface area contributed by atoms with Gasteiger partial charge in [0.2, 0.25) is 5.89 Å². The van der Waals surface area contributed by atoms with Crippen molar-refractivity contribution in [3.8, 4) is 11.5 Å². The minimum absolute atomic E-state index is 0.00483. The predicted molar refractivity (Wildman–Crippen MR) is 129 cm³/mol. The van der Waals surface area contributed by atoms with E-state index < -0.39 is 12.1 Å². The van der Waals surface area contributed by atoms with Crippen LogP contribution in [0.15, 0.2) is 46.9 Å². The molecule has 3 atom stereocenters. The first-order valence-corrected chi connectivity index (χ1v) is 11.9. The summed E-state index contributed by atoms with van der Waals surface area (Å²) in [7, 11) is 1.37. The van der Waals surface area contributed by atoms with Gasteiger partial charge in [0.25, 0.3) is 0 Å². The Balaban J connectivity index is 1.43. The van der Waals surface area contributed by atoms with Gasteiger partial charge in [-0.3, -0.25) is 0 Å². The number of aromatic nitrogens is 1. The van der Waals surface area contributed by atoms with E-state index >= 15 is 0 Å². The third-order valence-electron chi connectivity index (χ3n) is 6.74. The Labute approximate surface area is 200 Å². The van der Waals surface area contributed by atoms with Gasteiger partial charge in [-0.25, -0.2) is 9.78 Å². The topological polar surface area (TPSA) is 81.8 Å². The first-order chi connectivity index (χ1) is 16.4. The highest BCUT2D eigenvalue weighted by Crippen LogP contribution is 2.38. The number of aryl methyl sites for hydroxylation is 3. The average Bonchev–Trinajstić information content (AvgIpc) is 3.22. The van der Waals surface area contributed by atoms with Gasteiger partial charge in [0.05, 0.1) is 31.5 Å². The molecule has 4 rings (SSSR count). The lowest BCUT2D eigenvalue weighted by molar-refractivity contribution is -0.0262. The molecule has 2 aromatic carbocycles. The van der Waals surface area contributed by atoms with Crippen LogP contribution >= 0.6 is 0 Å². The molecule has 1 N–H and O–H groups in total. The maximum Gasteiger partial charge on any atom is 0.338 e. The Kier molecular flexibility index (Phi) is 7.49. The number of hydrogen-bond acceptors (Lipinski definition) is 6. The fraction of sp³-hybridized carbons (Fsp3) is 0.429. The molecule has 180 valence electrons. The van der Waals surface area contributed by atoms with E-state index in [-0.39, 0.29) is 12.0 Å². The number of nitrogens with zero attached hydrogens (tertiary/aromatic N) is 1. The molecule has 6 heteroatoms. The summed E-state index contributed by atoms with van der Waals surface area (Å²) in [6.07, 6.45) is 2.76. The van der Waals surface area contributed by atoms with Gasteiger partial charge in [-0.1, -0.05) is 42.3 Å². The van der Waals surface area contributed by atoms with Crippen molar-refractivity contribution in [3.05, 3.63) is 76.2 Å². The predicted octanol–water partition coefficient (Wildman–Crippen LogP) is 5.86. The van der Waals surface area contributed by atoms with Gasteiger partial charge in [-0.2, -0.15) is 0 Å². The zero-order valence-corrected chi connectivity index (χ0v) is 20.3. The second-order valence-corrected chi connectivity index (χ2v) is 9.23. The van der Waals surface area contributed by atoms with Gasteiger partial charge in [0, 0.05) is 5.56 Å². The highest BCUT2D eigenvalue weighted by atomic mass is 16.5. The maximum atomic E-state index is 12.3. The number of carbonyl (C=O) groups is 1. The molecule has 0 aliphatic heterocycles. The van der Waals surface area contributed by atoms with Crippen molar-refractivity contribution in [2.75, 3.05) is 7.11 Å². The van der Waals surface area contributed by atoms with E-state index in [1.165, 1.54) is 7.11 Å². The van der Waals surface area contributed by atoms with Gasteiger partial charge in [-0.15, -0.1) is 0 Å². The lowest BCUT2D eigenvalue weighted by Gasteiger charge is -2.33. The smallest absolute Gasteiger partial charge is 0.338 e. The number of aliphatic hydroxyl groups excluding tert-OH is 1. The van der Waals surface area contributed by atoms with Crippen LogP contribution < -0.4 is 0 Å². The summed E-state index contributed by atoms with van der Waals surface area (Å²) in [6.45, 7) is 6.18. The van der Waals surface area contributed by atoms with Crippen molar-refractivity contribution in [2.24, 2.45) is 5.92 Å². The van der Waals surface area contributed by atoms with Crippen LogP contribution in [0, 0.1) is 26.7 Å². The van der Waals surface area contributed by atoms with Crippen LogP contribution in [0.2, 0.25) is 0 Å². The number of rotatable bonds is 7. The van der Waals surface area contributed by atoms with Crippen LogP contribution in [-0.2, 0) is 16.1 Å². The number of ether oxygens (including phenoxy) is 2. The van der Waals surface area contributed by atoms with Crippen molar-refractivity contribution >= 4 is 5.97 Å². The zero-order valence-electron chi connectivity index (χ0n) is 20.3. The summed E-state index contributed by atoms with van der Waals surface area (Å²) < 4.78 is 17.1. The first-order valence-electron chi connectivity index (χ1n) is 11.9. The van der Waals surface area contributed by atoms with Crippen molar-refractivity contribution in [2.45, 2.75) is 65.3 Å². The van der Waals surface area contributed by atoms with E-state index in [1.54, 1.807) is 0 Å². The molecule has 0 spiro atoms. The Bertz CT molecular complexity index is 1150. The molecule has 0 radical (unpaired) electrons. The minimum Gasteiger partial charge on any atom is -0.465 e. The number of benzene rings is 2. The molecule has 1 saturated carbocycles.